The molecule has 2 N–H and O–H groups in total. The second-order valence-electron chi connectivity index (χ2n) is 6.53. The standard InChI is InChI=1S/C23H23N3O4S/c1-3-12-29-20-6-4-5-7-21(20)30-14-22(28)26-23-25-19(15-31-23)18-10-8-17(9-11-18)13-24-16(2)27/h3-11,15H,1,12-14H2,2H3,(H,24,27)(H,25,26,28). The van der Waals surface area contributed by atoms with Crippen molar-refractivity contribution in [1.82, 2.24) is 10.3 Å². The SMILES string of the molecule is C=CCOc1ccccc1OCC(=O)Nc1nc(-c2ccc(CNC(C)=O)cc2)cs1. The van der Waals surface area contributed by atoms with Crippen LogP contribution < -0.4 is 20.1 Å². The monoisotopic (exact) mass is 437 g/mol. The van der Waals surface area contributed by atoms with Crippen LogP contribution in [0.4, 0.5) is 5.13 Å². The number of nitrogens with one attached hydrogen (secondary N) is 2. The van der Waals surface area contributed by atoms with E-state index in [4.69, 9.17) is 9.47 Å². The minimum absolute atomic E-state index is 0.0688. The van der Waals surface area contributed by atoms with Gasteiger partial charge in [0.25, 0.3) is 5.91 Å². The zero-order chi connectivity index (χ0) is 22.1. The molecule has 1 aromatic heterocycles. The maximum absolute atomic E-state index is 12.3. The molecule has 0 saturated heterocycles. The summed E-state index contributed by atoms with van der Waals surface area (Å²) in [5.41, 5.74) is 2.68. The highest BCUT2D eigenvalue weighted by Gasteiger charge is 2.11. The van der Waals surface area contributed by atoms with Crippen LogP contribution in [-0.4, -0.2) is 30.0 Å². The predicted molar refractivity (Wildman–Crippen MR) is 121 cm³/mol. The number of hydrogen-bond acceptors (Lipinski definition) is 6. The summed E-state index contributed by atoms with van der Waals surface area (Å²) in [4.78, 5) is 27.7. The molecule has 0 bridgehead atoms. The molecule has 0 atom stereocenters. The van der Waals surface area contributed by atoms with E-state index in [0.717, 1.165) is 16.8 Å². The van der Waals surface area contributed by atoms with Crippen molar-refractivity contribution in [1.29, 1.82) is 0 Å². The van der Waals surface area contributed by atoms with E-state index >= 15 is 0 Å². The average Bonchev–Trinajstić information content (AvgIpc) is 3.24. The largest absolute Gasteiger partial charge is 0.486 e. The van der Waals surface area contributed by atoms with Gasteiger partial charge in [0.05, 0.1) is 5.69 Å². The number of hydrogen-bond donors (Lipinski definition) is 2. The summed E-state index contributed by atoms with van der Waals surface area (Å²) in [6, 6.07) is 14.9. The lowest BCUT2D eigenvalue weighted by molar-refractivity contribution is -0.119. The third-order valence-corrected chi connectivity index (χ3v) is 4.86. The first-order chi connectivity index (χ1) is 15.0. The zero-order valence-corrected chi connectivity index (χ0v) is 17.9. The van der Waals surface area contributed by atoms with Gasteiger partial charge in [0, 0.05) is 24.4 Å². The van der Waals surface area contributed by atoms with Gasteiger partial charge in [-0.15, -0.1) is 11.3 Å². The molecule has 0 aliphatic heterocycles. The molecule has 3 aromatic rings. The Hall–Kier alpha value is -3.65. The number of ether oxygens (including phenoxy) is 2. The van der Waals surface area contributed by atoms with Crippen LogP contribution in [0.1, 0.15) is 12.5 Å². The molecule has 3 rings (SSSR count). The minimum Gasteiger partial charge on any atom is -0.486 e. The van der Waals surface area contributed by atoms with Gasteiger partial charge in [-0.1, -0.05) is 49.1 Å². The highest BCUT2D eigenvalue weighted by Crippen LogP contribution is 2.27. The molecule has 1 heterocycles. The molecule has 0 saturated carbocycles. The van der Waals surface area contributed by atoms with Gasteiger partial charge in [-0.05, 0) is 17.7 Å². The Kier molecular flexibility index (Phi) is 7.78. The number of carbonyl (C=O) groups excluding carboxylic acids is 2. The molecular weight excluding hydrogens is 414 g/mol. The van der Waals surface area contributed by atoms with E-state index in [1.54, 1.807) is 18.2 Å². The lowest BCUT2D eigenvalue weighted by Crippen LogP contribution is -2.20. The summed E-state index contributed by atoms with van der Waals surface area (Å²) in [6.45, 7) is 5.77. The predicted octanol–water partition coefficient (Wildman–Crippen LogP) is 4.03. The van der Waals surface area contributed by atoms with Crippen molar-refractivity contribution >= 4 is 28.3 Å². The van der Waals surface area contributed by atoms with E-state index in [1.807, 2.05) is 41.8 Å². The van der Waals surface area contributed by atoms with Gasteiger partial charge in [-0.3, -0.25) is 14.9 Å². The van der Waals surface area contributed by atoms with Crippen LogP contribution in [-0.2, 0) is 16.1 Å². The van der Waals surface area contributed by atoms with Crippen LogP contribution in [0.25, 0.3) is 11.3 Å². The van der Waals surface area contributed by atoms with Crippen molar-refractivity contribution in [3.8, 4) is 22.8 Å². The first kappa shape index (κ1) is 22.0. The van der Waals surface area contributed by atoms with Gasteiger partial charge in [-0.2, -0.15) is 0 Å². The molecule has 8 heteroatoms. The van der Waals surface area contributed by atoms with Crippen LogP contribution >= 0.6 is 11.3 Å². The van der Waals surface area contributed by atoms with Crippen LogP contribution in [0.15, 0.2) is 66.6 Å². The minimum atomic E-state index is -0.315. The lowest BCUT2D eigenvalue weighted by Gasteiger charge is -2.11. The summed E-state index contributed by atoms with van der Waals surface area (Å²) in [6.07, 6.45) is 1.64. The highest BCUT2D eigenvalue weighted by molar-refractivity contribution is 7.14. The Labute approximate surface area is 184 Å². The number of benzene rings is 2. The van der Waals surface area contributed by atoms with Crippen LogP contribution in [0.2, 0.25) is 0 Å². The van der Waals surface area contributed by atoms with Crippen LogP contribution in [0, 0.1) is 0 Å². The highest BCUT2D eigenvalue weighted by atomic mass is 32.1. The first-order valence-electron chi connectivity index (χ1n) is 9.60. The number of thiazole rings is 1. The van der Waals surface area contributed by atoms with E-state index < -0.39 is 0 Å². The molecule has 0 aliphatic carbocycles. The van der Waals surface area contributed by atoms with E-state index in [2.05, 4.69) is 22.2 Å². The van der Waals surface area contributed by atoms with E-state index in [1.165, 1.54) is 18.3 Å². The summed E-state index contributed by atoms with van der Waals surface area (Å²) in [5, 5.41) is 7.87. The second-order valence-corrected chi connectivity index (χ2v) is 7.39. The second kappa shape index (κ2) is 10.9. The fourth-order valence-electron chi connectivity index (χ4n) is 2.62. The maximum atomic E-state index is 12.3. The Bertz CT molecular complexity index is 1050. The Morgan fingerprint density at radius 3 is 2.48 bits per heavy atom. The van der Waals surface area contributed by atoms with Gasteiger partial charge >= 0.3 is 0 Å². The average molecular weight is 438 g/mol. The van der Waals surface area contributed by atoms with Crippen molar-refractivity contribution in [2.45, 2.75) is 13.5 Å². The van der Waals surface area contributed by atoms with Crippen molar-refractivity contribution in [3.63, 3.8) is 0 Å². The fourth-order valence-corrected chi connectivity index (χ4v) is 3.36. The molecule has 0 aliphatic rings. The number of nitrogens with zero attached hydrogens (tertiary/aromatic N) is 1. The van der Waals surface area contributed by atoms with Gasteiger partial charge in [-0.25, -0.2) is 4.98 Å². The fraction of sp³-hybridized carbons (Fsp3) is 0.174. The molecule has 160 valence electrons. The van der Waals surface area contributed by atoms with E-state index in [9.17, 15) is 9.59 Å². The molecular formula is C23H23N3O4S. The molecule has 0 unspecified atom stereocenters. The summed E-state index contributed by atoms with van der Waals surface area (Å²) < 4.78 is 11.1. The van der Waals surface area contributed by atoms with Gasteiger partial charge in [0.15, 0.2) is 23.2 Å². The van der Waals surface area contributed by atoms with E-state index in [-0.39, 0.29) is 18.4 Å². The van der Waals surface area contributed by atoms with Crippen LogP contribution in [0.5, 0.6) is 11.5 Å². The topological polar surface area (TPSA) is 89.6 Å². The normalized spacial score (nSPS) is 10.2. The van der Waals surface area contributed by atoms with Crippen molar-refractivity contribution in [3.05, 3.63) is 72.1 Å². The van der Waals surface area contributed by atoms with Gasteiger partial charge < -0.3 is 14.8 Å². The number of carbonyl (C=O) groups is 2. The Morgan fingerprint density at radius 1 is 1.10 bits per heavy atom. The molecule has 2 amide bonds. The molecule has 0 radical (unpaired) electrons. The number of amides is 2. The third-order valence-electron chi connectivity index (χ3n) is 4.11. The number of anilines is 1. The molecule has 31 heavy (non-hydrogen) atoms. The molecule has 0 fully saturated rings. The van der Waals surface area contributed by atoms with Crippen molar-refractivity contribution < 1.29 is 19.1 Å². The smallest absolute Gasteiger partial charge is 0.264 e. The maximum Gasteiger partial charge on any atom is 0.264 e. The molecule has 0 spiro atoms. The Morgan fingerprint density at radius 2 is 1.81 bits per heavy atom. The van der Waals surface area contributed by atoms with Crippen molar-refractivity contribution in [2.75, 3.05) is 18.5 Å². The number of aromatic nitrogens is 1. The zero-order valence-electron chi connectivity index (χ0n) is 17.1. The first-order valence-corrected chi connectivity index (χ1v) is 10.5. The lowest BCUT2D eigenvalue weighted by atomic mass is 10.1. The van der Waals surface area contributed by atoms with E-state index in [0.29, 0.717) is 29.8 Å². The quantitative estimate of drug-likeness (QED) is 0.468. The summed E-state index contributed by atoms with van der Waals surface area (Å²) in [5.74, 6) is 0.651. The van der Waals surface area contributed by atoms with Gasteiger partial charge in [0.2, 0.25) is 5.91 Å². The Balaban J connectivity index is 1.54. The third kappa shape index (κ3) is 6.68. The summed E-state index contributed by atoms with van der Waals surface area (Å²) in [7, 11) is 0. The van der Waals surface area contributed by atoms with Crippen molar-refractivity contribution in [2.24, 2.45) is 0 Å². The summed E-state index contributed by atoms with van der Waals surface area (Å²) >= 11 is 1.34. The number of para-hydroxylation sites is 2. The molecule has 7 nitrogen and oxygen atoms in total. The molecule has 2 aromatic carbocycles. The van der Waals surface area contributed by atoms with Gasteiger partial charge in [0.1, 0.15) is 6.61 Å². The number of rotatable bonds is 10. The van der Waals surface area contributed by atoms with Crippen LogP contribution in [0.3, 0.4) is 0 Å².